The van der Waals surface area contributed by atoms with Gasteiger partial charge >= 0.3 is 0 Å². The van der Waals surface area contributed by atoms with Crippen molar-refractivity contribution >= 4 is 0 Å². The van der Waals surface area contributed by atoms with Crippen LogP contribution in [0.25, 0.3) is 0 Å². The fraction of sp³-hybridized carbons (Fsp3) is 1.00. The first-order valence-electron chi connectivity index (χ1n) is 2.89. The van der Waals surface area contributed by atoms with Gasteiger partial charge in [0, 0.05) is 0 Å². The molecule has 0 heteroatoms. The largest absolute Gasteiger partial charge is 0.0620 e. The molecule has 0 aromatic heterocycles. The Morgan fingerprint density at radius 2 is 1.67 bits per heavy atom. The molecule has 2 atom stereocenters. The summed E-state index contributed by atoms with van der Waals surface area (Å²) in [6.07, 6.45) is 3.09. The second kappa shape index (κ2) is 0.661. The SMILES string of the molecule is CC1[C@H]2CC[C@H]12. The van der Waals surface area contributed by atoms with Gasteiger partial charge in [0.25, 0.3) is 0 Å². The summed E-state index contributed by atoms with van der Waals surface area (Å²) < 4.78 is 0. The van der Waals surface area contributed by atoms with Crippen LogP contribution < -0.4 is 0 Å². The van der Waals surface area contributed by atoms with E-state index in [1.807, 2.05) is 0 Å². The second-order valence-corrected chi connectivity index (χ2v) is 2.76. The first-order chi connectivity index (χ1) is 2.89. The molecule has 2 aliphatic rings. The van der Waals surface area contributed by atoms with Gasteiger partial charge in [0.1, 0.15) is 0 Å². The van der Waals surface area contributed by atoms with Crippen molar-refractivity contribution in [3.05, 3.63) is 0 Å². The van der Waals surface area contributed by atoms with Crippen LogP contribution in [0.4, 0.5) is 0 Å². The lowest BCUT2D eigenvalue weighted by Gasteiger charge is -2.04. The summed E-state index contributed by atoms with van der Waals surface area (Å²) in [7, 11) is 0. The monoisotopic (exact) mass is 82.1 g/mol. The van der Waals surface area contributed by atoms with Gasteiger partial charge in [0.05, 0.1) is 0 Å². The van der Waals surface area contributed by atoms with Crippen LogP contribution in [0.5, 0.6) is 0 Å². The Hall–Kier alpha value is 0. The van der Waals surface area contributed by atoms with Crippen molar-refractivity contribution in [1.29, 1.82) is 0 Å². The number of rotatable bonds is 0. The molecule has 2 aliphatic carbocycles. The van der Waals surface area contributed by atoms with Gasteiger partial charge in [-0.2, -0.15) is 0 Å². The van der Waals surface area contributed by atoms with E-state index >= 15 is 0 Å². The second-order valence-electron chi connectivity index (χ2n) is 2.76. The van der Waals surface area contributed by atoms with Gasteiger partial charge in [-0.3, -0.25) is 0 Å². The number of hydrogen-bond donors (Lipinski definition) is 0. The highest BCUT2D eigenvalue weighted by Gasteiger charge is 2.52. The topological polar surface area (TPSA) is 0 Å². The molecule has 0 aromatic rings. The van der Waals surface area contributed by atoms with E-state index in [0.717, 1.165) is 5.92 Å². The summed E-state index contributed by atoms with van der Waals surface area (Å²) in [5, 5.41) is 0. The maximum atomic E-state index is 2.38. The van der Waals surface area contributed by atoms with Crippen LogP contribution in [0, 0.1) is 17.8 Å². The lowest BCUT2D eigenvalue weighted by molar-refractivity contribution is 0.468. The first-order valence-corrected chi connectivity index (χ1v) is 2.89. The predicted molar refractivity (Wildman–Crippen MR) is 25.4 cm³/mol. The molecule has 6 heavy (non-hydrogen) atoms. The average molecular weight is 82.1 g/mol. The number of hydrogen-bond acceptors (Lipinski definition) is 0. The molecular weight excluding hydrogens is 72.1 g/mol. The fourth-order valence-corrected chi connectivity index (χ4v) is 1.71. The van der Waals surface area contributed by atoms with Crippen molar-refractivity contribution in [2.24, 2.45) is 17.8 Å². The van der Waals surface area contributed by atoms with Crippen LogP contribution in [-0.4, -0.2) is 0 Å². The van der Waals surface area contributed by atoms with E-state index in [4.69, 9.17) is 0 Å². The van der Waals surface area contributed by atoms with Crippen molar-refractivity contribution in [2.45, 2.75) is 19.8 Å². The minimum Gasteiger partial charge on any atom is -0.0620 e. The summed E-state index contributed by atoms with van der Waals surface area (Å²) in [6.45, 7) is 2.38. The predicted octanol–water partition coefficient (Wildman–Crippen LogP) is 1.66. The molecule has 0 heterocycles. The van der Waals surface area contributed by atoms with Crippen molar-refractivity contribution in [1.82, 2.24) is 0 Å². The van der Waals surface area contributed by atoms with E-state index in [1.54, 1.807) is 12.8 Å². The van der Waals surface area contributed by atoms with Crippen molar-refractivity contribution in [3.63, 3.8) is 0 Å². The van der Waals surface area contributed by atoms with Crippen LogP contribution >= 0.6 is 0 Å². The summed E-state index contributed by atoms with van der Waals surface area (Å²) in [6, 6.07) is 0. The molecule has 0 N–H and O–H groups in total. The molecule has 0 saturated heterocycles. The Morgan fingerprint density at radius 1 is 1.17 bits per heavy atom. The maximum absolute atomic E-state index is 2.38. The summed E-state index contributed by atoms with van der Waals surface area (Å²) in [5.74, 6) is 3.53. The van der Waals surface area contributed by atoms with Crippen LogP contribution in [0.2, 0.25) is 0 Å². The molecule has 2 fully saturated rings. The molecule has 2 saturated carbocycles. The van der Waals surface area contributed by atoms with Gasteiger partial charge in [-0.1, -0.05) is 6.92 Å². The highest BCUT2D eigenvalue weighted by Crippen LogP contribution is 2.60. The maximum Gasteiger partial charge on any atom is -0.0355 e. The highest BCUT2D eigenvalue weighted by molar-refractivity contribution is 5.01. The van der Waals surface area contributed by atoms with Crippen molar-refractivity contribution < 1.29 is 0 Å². The zero-order valence-corrected chi connectivity index (χ0v) is 4.15. The quantitative estimate of drug-likeness (QED) is 0.417. The van der Waals surface area contributed by atoms with Crippen molar-refractivity contribution in [3.8, 4) is 0 Å². The van der Waals surface area contributed by atoms with Crippen LogP contribution in [0.3, 0.4) is 0 Å². The van der Waals surface area contributed by atoms with Crippen LogP contribution in [0.1, 0.15) is 19.8 Å². The number of fused-ring (bicyclic) bond motifs is 1. The molecule has 0 amide bonds. The molecule has 0 aromatic carbocycles. The lowest BCUT2D eigenvalue weighted by atomic mass is 10.0. The molecule has 0 radical (unpaired) electrons. The van der Waals surface area contributed by atoms with E-state index < -0.39 is 0 Å². The molecule has 0 unspecified atom stereocenters. The van der Waals surface area contributed by atoms with Crippen molar-refractivity contribution in [2.75, 3.05) is 0 Å². The average Bonchev–Trinajstić information content (AvgIpc) is 1.63. The molecule has 0 aliphatic heterocycles. The Balaban J connectivity index is 2.11. The minimum atomic E-state index is 1.13. The van der Waals surface area contributed by atoms with E-state index in [2.05, 4.69) is 6.92 Å². The lowest BCUT2D eigenvalue weighted by Crippen LogP contribution is -1.93. The molecule has 0 bridgehead atoms. The molecule has 0 nitrogen and oxygen atoms in total. The Kier molecular flexibility index (Phi) is 0.337. The van der Waals surface area contributed by atoms with Crippen LogP contribution in [-0.2, 0) is 0 Å². The summed E-state index contributed by atoms with van der Waals surface area (Å²) in [5.41, 5.74) is 0. The van der Waals surface area contributed by atoms with Gasteiger partial charge < -0.3 is 0 Å². The Labute approximate surface area is 38.6 Å². The minimum absolute atomic E-state index is 1.13. The molecular formula is C6H10. The van der Waals surface area contributed by atoms with Gasteiger partial charge in [0.15, 0.2) is 0 Å². The first kappa shape index (κ1) is 3.06. The fourth-order valence-electron chi connectivity index (χ4n) is 1.71. The smallest absolute Gasteiger partial charge is 0.0355 e. The molecule has 2 rings (SSSR count). The van der Waals surface area contributed by atoms with Gasteiger partial charge in [0.2, 0.25) is 0 Å². The third kappa shape index (κ3) is 0.160. The van der Waals surface area contributed by atoms with Gasteiger partial charge in [-0.15, -0.1) is 0 Å². The highest BCUT2D eigenvalue weighted by atomic mass is 14.6. The summed E-state index contributed by atoms with van der Waals surface area (Å²) in [4.78, 5) is 0. The summed E-state index contributed by atoms with van der Waals surface area (Å²) >= 11 is 0. The Bertz CT molecular complexity index is 59.4. The van der Waals surface area contributed by atoms with E-state index in [9.17, 15) is 0 Å². The van der Waals surface area contributed by atoms with E-state index in [-0.39, 0.29) is 0 Å². The van der Waals surface area contributed by atoms with E-state index in [1.165, 1.54) is 11.8 Å². The van der Waals surface area contributed by atoms with E-state index in [0.29, 0.717) is 0 Å². The zero-order valence-electron chi connectivity index (χ0n) is 4.15. The van der Waals surface area contributed by atoms with Gasteiger partial charge in [-0.05, 0) is 30.6 Å². The standard InChI is InChI=1S/C6H10/c1-4-5-2-3-6(4)5/h4-6H,2-3H2,1H3/t5-,6-/m1/s1. The zero-order chi connectivity index (χ0) is 4.15. The third-order valence-corrected chi connectivity index (χ3v) is 2.59. The third-order valence-electron chi connectivity index (χ3n) is 2.59. The van der Waals surface area contributed by atoms with Crippen LogP contribution in [0.15, 0.2) is 0 Å². The Morgan fingerprint density at radius 3 is 1.67 bits per heavy atom. The molecule has 34 valence electrons. The normalized spacial score (nSPS) is 62.5. The van der Waals surface area contributed by atoms with Gasteiger partial charge in [-0.25, -0.2) is 0 Å². The molecule has 0 spiro atoms.